The van der Waals surface area contributed by atoms with Crippen molar-refractivity contribution in [3.63, 3.8) is 0 Å². The summed E-state index contributed by atoms with van der Waals surface area (Å²) in [6.45, 7) is 2.05. The van der Waals surface area contributed by atoms with Gasteiger partial charge in [0.15, 0.2) is 0 Å². The van der Waals surface area contributed by atoms with Crippen molar-refractivity contribution >= 4 is 44.7 Å². The van der Waals surface area contributed by atoms with E-state index in [2.05, 4.69) is 22.0 Å². The highest BCUT2D eigenvalue weighted by Gasteiger charge is 2.17. The number of thiophene rings is 2. The lowest BCUT2D eigenvalue weighted by Gasteiger charge is -2.10. The predicted octanol–water partition coefficient (Wildman–Crippen LogP) is 5.78. The Morgan fingerprint density at radius 2 is 2.16 bits per heavy atom. The lowest BCUT2D eigenvalue weighted by molar-refractivity contribution is 0.378. The van der Waals surface area contributed by atoms with Gasteiger partial charge < -0.3 is 13.9 Å². The number of fused-ring (bicyclic) bond motifs is 1. The van der Waals surface area contributed by atoms with Crippen molar-refractivity contribution in [2.24, 2.45) is 0 Å². The topological polar surface area (TPSA) is 97.8 Å². The Labute approximate surface area is 189 Å². The molecule has 5 aromatic rings. The quantitative estimate of drug-likeness (QED) is 0.287. The summed E-state index contributed by atoms with van der Waals surface area (Å²) in [5.41, 5.74) is 0.652. The molecule has 0 aliphatic rings. The van der Waals surface area contributed by atoms with E-state index in [9.17, 15) is 4.79 Å². The van der Waals surface area contributed by atoms with Crippen LogP contribution in [0.25, 0.3) is 32.2 Å². The Morgan fingerprint density at radius 1 is 1.23 bits per heavy atom. The third-order valence-corrected chi connectivity index (χ3v) is 7.73. The minimum absolute atomic E-state index is 0.0654. The summed E-state index contributed by atoms with van der Waals surface area (Å²) in [7, 11) is 0. The zero-order chi connectivity index (χ0) is 21.2. The van der Waals surface area contributed by atoms with Gasteiger partial charge in [-0.1, -0.05) is 11.2 Å². The third-order valence-electron chi connectivity index (χ3n) is 4.75. The van der Waals surface area contributed by atoms with Crippen molar-refractivity contribution in [2.45, 2.75) is 25.0 Å². The molecule has 10 heteroatoms. The van der Waals surface area contributed by atoms with Gasteiger partial charge in [-0.15, -0.1) is 22.7 Å². The van der Waals surface area contributed by atoms with Crippen LogP contribution in [0, 0.1) is 0 Å². The van der Waals surface area contributed by atoms with Gasteiger partial charge in [0.2, 0.25) is 11.7 Å². The molecule has 5 aromatic heterocycles. The molecule has 31 heavy (non-hydrogen) atoms. The van der Waals surface area contributed by atoms with Crippen molar-refractivity contribution in [2.75, 3.05) is 5.75 Å². The Bertz CT molecular complexity index is 1340. The zero-order valence-corrected chi connectivity index (χ0v) is 19.0. The largest absolute Gasteiger partial charge is 0.464 e. The van der Waals surface area contributed by atoms with Gasteiger partial charge in [-0.3, -0.25) is 4.79 Å². The SMILES string of the molecule is C[C@H](SCCCc1nc(-c2cccs2)no1)c1nc2scc(-c3ccco3)c2c(=O)[nH]1. The molecule has 5 heterocycles. The number of hydrogen-bond donors (Lipinski definition) is 1. The second kappa shape index (κ2) is 8.81. The molecule has 0 bridgehead atoms. The summed E-state index contributed by atoms with van der Waals surface area (Å²) in [5, 5.41) is 8.60. The summed E-state index contributed by atoms with van der Waals surface area (Å²) in [6.07, 6.45) is 3.22. The first kappa shape index (κ1) is 20.2. The predicted molar refractivity (Wildman–Crippen MR) is 125 cm³/mol. The van der Waals surface area contributed by atoms with Crippen molar-refractivity contribution < 1.29 is 8.94 Å². The number of thioether (sulfide) groups is 1. The average Bonchev–Trinajstić information content (AvgIpc) is 3.55. The average molecular weight is 471 g/mol. The molecule has 5 rings (SSSR count). The van der Waals surface area contributed by atoms with E-state index in [-0.39, 0.29) is 10.8 Å². The highest BCUT2D eigenvalue weighted by Crippen LogP contribution is 2.33. The molecule has 0 aliphatic heterocycles. The van der Waals surface area contributed by atoms with Crippen LogP contribution >= 0.6 is 34.4 Å². The molecule has 1 N–H and O–H groups in total. The Kier molecular flexibility index (Phi) is 5.75. The summed E-state index contributed by atoms with van der Waals surface area (Å²) in [6, 6.07) is 7.61. The van der Waals surface area contributed by atoms with Gasteiger partial charge in [-0.2, -0.15) is 16.7 Å². The lowest BCUT2D eigenvalue weighted by atomic mass is 10.2. The van der Waals surface area contributed by atoms with E-state index in [1.54, 1.807) is 29.4 Å². The van der Waals surface area contributed by atoms with Gasteiger partial charge in [0.25, 0.3) is 5.56 Å². The van der Waals surface area contributed by atoms with Crippen LogP contribution in [0.4, 0.5) is 0 Å². The van der Waals surface area contributed by atoms with E-state index in [0.717, 1.165) is 33.9 Å². The number of rotatable bonds is 8. The number of aryl methyl sites for hydroxylation is 1. The molecule has 0 saturated heterocycles. The number of furan rings is 1. The van der Waals surface area contributed by atoms with Gasteiger partial charge in [-0.05, 0) is 42.7 Å². The van der Waals surface area contributed by atoms with E-state index in [1.807, 2.05) is 35.0 Å². The highest BCUT2D eigenvalue weighted by atomic mass is 32.2. The monoisotopic (exact) mass is 470 g/mol. The molecule has 0 aliphatic carbocycles. The highest BCUT2D eigenvalue weighted by molar-refractivity contribution is 7.99. The normalized spacial score (nSPS) is 12.5. The molecule has 0 amide bonds. The van der Waals surface area contributed by atoms with E-state index in [0.29, 0.717) is 28.7 Å². The maximum Gasteiger partial charge on any atom is 0.260 e. The second-order valence-corrected chi connectivity index (χ2v) is 10.1. The van der Waals surface area contributed by atoms with Crippen LogP contribution in [0.1, 0.15) is 30.3 Å². The molecule has 158 valence electrons. The molecule has 1 atom stereocenters. The van der Waals surface area contributed by atoms with Gasteiger partial charge in [0.1, 0.15) is 16.4 Å². The first-order valence-electron chi connectivity index (χ1n) is 9.72. The molecule has 0 fully saturated rings. The van der Waals surface area contributed by atoms with E-state index < -0.39 is 0 Å². The van der Waals surface area contributed by atoms with E-state index in [4.69, 9.17) is 13.9 Å². The maximum absolute atomic E-state index is 12.7. The zero-order valence-electron chi connectivity index (χ0n) is 16.5. The fraction of sp³-hybridized carbons (Fsp3) is 0.238. The number of aromatic nitrogens is 4. The first-order chi connectivity index (χ1) is 15.2. The molecule has 0 unspecified atom stereocenters. The van der Waals surface area contributed by atoms with Gasteiger partial charge >= 0.3 is 0 Å². The van der Waals surface area contributed by atoms with Crippen LogP contribution in [-0.2, 0) is 6.42 Å². The van der Waals surface area contributed by atoms with Gasteiger partial charge in [0, 0.05) is 17.4 Å². The number of hydrogen-bond acceptors (Lipinski definition) is 9. The minimum atomic E-state index is -0.132. The summed E-state index contributed by atoms with van der Waals surface area (Å²) >= 11 is 4.79. The van der Waals surface area contributed by atoms with Crippen LogP contribution in [0.2, 0.25) is 0 Å². The van der Waals surface area contributed by atoms with Crippen molar-refractivity contribution in [3.05, 3.63) is 63.4 Å². The van der Waals surface area contributed by atoms with Crippen molar-refractivity contribution in [1.82, 2.24) is 20.1 Å². The van der Waals surface area contributed by atoms with Crippen molar-refractivity contribution in [1.29, 1.82) is 0 Å². The molecule has 0 saturated carbocycles. The van der Waals surface area contributed by atoms with Crippen LogP contribution in [-0.4, -0.2) is 25.9 Å². The van der Waals surface area contributed by atoms with Crippen LogP contribution < -0.4 is 5.56 Å². The smallest absolute Gasteiger partial charge is 0.260 e. The van der Waals surface area contributed by atoms with Crippen molar-refractivity contribution in [3.8, 4) is 22.0 Å². The molecule has 7 nitrogen and oxygen atoms in total. The van der Waals surface area contributed by atoms with E-state index >= 15 is 0 Å². The maximum atomic E-state index is 12.7. The second-order valence-electron chi connectivity index (χ2n) is 6.86. The van der Waals surface area contributed by atoms with Gasteiger partial charge in [0.05, 0.1) is 21.8 Å². The van der Waals surface area contributed by atoms with E-state index in [1.165, 1.54) is 11.3 Å². The van der Waals surface area contributed by atoms with Crippen LogP contribution in [0.15, 0.2) is 55.0 Å². The van der Waals surface area contributed by atoms with Gasteiger partial charge in [-0.25, -0.2) is 4.98 Å². The Morgan fingerprint density at radius 3 is 2.97 bits per heavy atom. The lowest BCUT2D eigenvalue weighted by Crippen LogP contribution is -2.12. The summed E-state index contributed by atoms with van der Waals surface area (Å²) < 4.78 is 10.8. The Balaban J connectivity index is 1.21. The molecule has 0 aromatic carbocycles. The number of nitrogens with one attached hydrogen (secondary N) is 1. The number of H-pyrrole nitrogens is 1. The molecule has 0 radical (unpaired) electrons. The summed E-state index contributed by atoms with van der Waals surface area (Å²) in [5.74, 6) is 3.55. The molecular formula is C21H18N4O3S3. The number of nitrogens with zero attached hydrogens (tertiary/aromatic N) is 3. The van der Waals surface area contributed by atoms with Crippen LogP contribution in [0.5, 0.6) is 0 Å². The fourth-order valence-electron chi connectivity index (χ4n) is 3.20. The summed E-state index contributed by atoms with van der Waals surface area (Å²) in [4.78, 5) is 26.6. The standard InChI is InChI=1S/C21H18N4O3S3/c1-12(29-9-4-7-16-22-19(25-28-16)15-6-3-10-30-15)18-23-20(26)17-13(11-31-21(17)24-18)14-5-2-8-27-14/h2-3,5-6,8,10-12H,4,7,9H2,1H3,(H,23,24,26)/t12-/m0/s1. The number of aromatic amines is 1. The minimum Gasteiger partial charge on any atom is -0.464 e. The first-order valence-corrected chi connectivity index (χ1v) is 12.5. The molecule has 0 spiro atoms. The third kappa shape index (κ3) is 4.23. The fourth-order valence-corrected chi connectivity index (χ4v) is 5.71. The Hall–Kier alpha value is -2.69. The molecular weight excluding hydrogens is 452 g/mol. The van der Waals surface area contributed by atoms with Crippen LogP contribution in [0.3, 0.4) is 0 Å².